The summed E-state index contributed by atoms with van der Waals surface area (Å²) in [6.07, 6.45) is 1.76. The monoisotopic (exact) mass is 185 g/mol. The Morgan fingerprint density at radius 1 is 1.69 bits per heavy atom. The standard InChI is InChI=1S/C9H15NO3/c1-4-8(3)10(6-7-11)9(12)13-5-2/h4,7-8H,1,5-6H2,2-3H3. The van der Waals surface area contributed by atoms with E-state index in [0.717, 1.165) is 0 Å². The van der Waals surface area contributed by atoms with Gasteiger partial charge in [0.25, 0.3) is 0 Å². The normalized spacial score (nSPS) is 11.5. The SMILES string of the molecule is C=CC(C)N(CC=O)C(=O)OCC. The Kier molecular flexibility index (Phi) is 5.59. The van der Waals surface area contributed by atoms with E-state index in [4.69, 9.17) is 4.74 Å². The zero-order chi connectivity index (χ0) is 10.3. The molecule has 74 valence electrons. The van der Waals surface area contributed by atoms with Gasteiger partial charge < -0.3 is 9.53 Å². The number of rotatable bonds is 5. The summed E-state index contributed by atoms with van der Waals surface area (Å²) in [5, 5.41) is 0. The van der Waals surface area contributed by atoms with E-state index in [1.807, 2.05) is 0 Å². The van der Waals surface area contributed by atoms with Crippen LogP contribution >= 0.6 is 0 Å². The summed E-state index contributed by atoms with van der Waals surface area (Å²) in [4.78, 5) is 22.8. The van der Waals surface area contributed by atoms with Crippen LogP contribution in [0.5, 0.6) is 0 Å². The van der Waals surface area contributed by atoms with Gasteiger partial charge in [-0.25, -0.2) is 4.79 Å². The van der Waals surface area contributed by atoms with E-state index in [2.05, 4.69) is 6.58 Å². The molecule has 4 nitrogen and oxygen atoms in total. The molecule has 0 radical (unpaired) electrons. The highest BCUT2D eigenvalue weighted by atomic mass is 16.6. The molecule has 0 aliphatic carbocycles. The second kappa shape index (κ2) is 6.22. The number of hydrogen-bond acceptors (Lipinski definition) is 3. The maximum Gasteiger partial charge on any atom is 0.410 e. The topological polar surface area (TPSA) is 46.6 Å². The Hall–Kier alpha value is -1.32. The second-order valence-electron chi connectivity index (χ2n) is 2.49. The summed E-state index contributed by atoms with van der Waals surface area (Å²) >= 11 is 0. The van der Waals surface area contributed by atoms with E-state index >= 15 is 0 Å². The van der Waals surface area contributed by atoms with Gasteiger partial charge in [0.1, 0.15) is 6.29 Å². The highest BCUT2D eigenvalue weighted by molar-refractivity contribution is 5.72. The van der Waals surface area contributed by atoms with Crippen LogP contribution in [-0.4, -0.2) is 36.5 Å². The molecule has 0 aromatic carbocycles. The minimum absolute atomic E-state index is 0.0337. The van der Waals surface area contributed by atoms with E-state index in [1.165, 1.54) is 4.90 Å². The fraction of sp³-hybridized carbons (Fsp3) is 0.556. The van der Waals surface area contributed by atoms with Gasteiger partial charge in [-0.3, -0.25) is 4.90 Å². The van der Waals surface area contributed by atoms with Gasteiger partial charge in [0.05, 0.1) is 19.2 Å². The van der Waals surface area contributed by atoms with Gasteiger partial charge in [0, 0.05) is 0 Å². The van der Waals surface area contributed by atoms with Crippen LogP contribution in [0, 0.1) is 0 Å². The third kappa shape index (κ3) is 3.73. The maximum atomic E-state index is 11.2. The lowest BCUT2D eigenvalue weighted by atomic mass is 10.3. The predicted octanol–water partition coefficient (Wildman–Crippen LogP) is 1.22. The van der Waals surface area contributed by atoms with E-state index in [0.29, 0.717) is 12.9 Å². The van der Waals surface area contributed by atoms with E-state index < -0.39 is 6.09 Å². The Balaban J connectivity index is 4.29. The van der Waals surface area contributed by atoms with Crippen LogP contribution in [0.2, 0.25) is 0 Å². The molecule has 0 aromatic heterocycles. The maximum absolute atomic E-state index is 11.2. The lowest BCUT2D eigenvalue weighted by molar-refractivity contribution is -0.108. The largest absolute Gasteiger partial charge is 0.450 e. The molecule has 0 fully saturated rings. The zero-order valence-electron chi connectivity index (χ0n) is 8.03. The van der Waals surface area contributed by atoms with Crippen molar-refractivity contribution in [3.8, 4) is 0 Å². The molecule has 13 heavy (non-hydrogen) atoms. The van der Waals surface area contributed by atoms with Crippen LogP contribution in [0.3, 0.4) is 0 Å². The summed E-state index contributed by atoms with van der Waals surface area (Å²) in [6, 6.07) is -0.191. The van der Waals surface area contributed by atoms with Crippen LogP contribution in [0.1, 0.15) is 13.8 Å². The van der Waals surface area contributed by atoms with Crippen molar-refractivity contribution in [1.82, 2.24) is 4.90 Å². The van der Waals surface area contributed by atoms with Gasteiger partial charge in [-0.15, -0.1) is 6.58 Å². The summed E-state index contributed by atoms with van der Waals surface area (Å²) in [5.41, 5.74) is 0. The first-order valence-electron chi connectivity index (χ1n) is 4.16. The van der Waals surface area contributed by atoms with Crippen molar-refractivity contribution in [2.75, 3.05) is 13.2 Å². The number of hydrogen-bond donors (Lipinski definition) is 0. The molecule has 0 bridgehead atoms. The molecule has 1 unspecified atom stereocenters. The van der Waals surface area contributed by atoms with Gasteiger partial charge in [-0.1, -0.05) is 6.08 Å². The van der Waals surface area contributed by atoms with Gasteiger partial charge in [-0.05, 0) is 13.8 Å². The van der Waals surface area contributed by atoms with E-state index in [9.17, 15) is 9.59 Å². The molecule has 0 N–H and O–H groups in total. The lowest BCUT2D eigenvalue weighted by Gasteiger charge is -2.23. The zero-order valence-corrected chi connectivity index (χ0v) is 8.03. The van der Waals surface area contributed by atoms with Gasteiger partial charge >= 0.3 is 6.09 Å². The molecule has 4 heteroatoms. The number of nitrogens with zero attached hydrogens (tertiary/aromatic N) is 1. The first kappa shape index (κ1) is 11.7. The van der Waals surface area contributed by atoms with Crippen molar-refractivity contribution in [3.05, 3.63) is 12.7 Å². The quantitative estimate of drug-likeness (QED) is 0.478. The smallest absolute Gasteiger partial charge is 0.410 e. The third-order valence-electron chi connectivity index (χ3n) is 1.61. The van der Waals surface area contributed by atoms with Crippen molar-refractivity contribution >= 4 is 12.4 Å². The van der Waals surface area contributed by atoms with Crippen molar-refractivity contribution < 1.29 is 14.3 Å². The van der Waals surface area contributed by atoms with Gasteiger partial charge in [0.2, 0.25) is 0 Å². The number of carbonyl (C=O) groups is 2. The molecular weight excluding hydrogens is 170 g/mol. The second-order valence-corrected chi connectivity index (χ2v) is 2.49. The minimum Gasteiger partial charge on any atom is -0.450 e. The molecule has 0 aromatic rings. The van der Waals surface area contributed by atoms with Crippen LogP contribution in [0.4, 0.5) is 4.79 Å². The Bertz CT molecular complexity index is 191. The highest BCUT2D eigenvalue weighted by Crippen LogP contribution is 2.01. The molecule has 0 rings (SSSR count). The summed E-state index contributed by atoms with van der Waals surface area (Å²) in [7, 11) is 0. The van der Waals surface area contributed by atoms with Crippen LogP contribution in [0.25, 0.3) is 0 Å². The van der Waals surface area contributed by atoms with Crippen molar-refractivity contribution in [2.45, 2.75) is 19.9 Å². The molecular formula is C9H15NO3. The minimum atomic E-state index is -0.484. The van der Waals surface area contributed by atoms with Crippen LogP contribution in [-0.2, 0) is 9.53 Å². The van der Waals surface area contributed by atoms with Gasteiger partial charge in [0.15, 0.2) is 0 Å². The molecule has 0 aliphatic heterocycles. The van der Waals surface area contributed by atoms with Crippen LogP contribution in [0.15, 0.2) is 12.7 Å². The number of carbonyl (C=O) groups excluding carboxylic acids is 2. The van der Waals surface area contributed by atoms with Crippen LogP contribution < -0.4 is 0 Å². The molecule has 1 amide bonds. The van der Waals surface area contributed by atoms with Gasteiger partial charge in [-0.2, -0.15) is 0 Å². The predicted molar refractivity (Wildman–Crippen MR) is 49.5 cm³/mol. The number of ether oxygens (including phenoxy) is 1. The summed E-state index contributed by atoms with van der Waals surface area (Å²) < 4.78 is 4.76. The van der Waals surface area contributed by atoms with Crippen molar-refractivity contribution in [2.24, 2.45) is 0 Å². The molecule has 1 atom stereocenters. The van der Waals surface area contributed by atoms with Crippen molar-refractivity contribution in [3.63, 3.8) is 0 Å². The van der Waals surface area contributed by atoms with E-state index in [1.54, 1.807) is 19.9 Å². The Morgan fingerprint density at radius 3 is 2.69 bits per heavy atom. The Morgan fingerprint density at radius 2 is 2.31 bits per heavy atom. The number of aldehydes is 1. The molecule has 0 saturated carbocycles. The summed E-state index contributed by atoms with van der Waals surface area (Å²) in [6.45, 7) is 7.37. The highest BCUT2D eigenvalue weighted by Gasteiger charge is 2.17. The number of amides is 1. The Labute approximate surface area is 78.2 Å². The average molecular weight is 185 g/mol. The van der Waals surface area contributed by atoms with E-state index in [-0.39, 0.29) is 12.6 Å². The third-order valence-corrected chi connectivity index (χ3v) is 1.61. The molecule has 0 heterocycles. The molecule has 0 spiro atoms. The first-order chi connectivity index (χ1) is 6.17. The molecule has 0 aliphatic rings. The fourth-order valence-corrected chi connectivity index (χ4v) is 0.821. The lowest BCUT2D eigenvalue weighted by Crippen LogP contribution is -2.39. The average Bonchev–Trinajstić information content (AvgIpc) is 2.13. The first-order valence-corrected chi connectivity index (χ1v) is 4.16. The fourth-order valence-electron chi connectivity index (χ4n) is 0.821. The van der Waals surface area contributed by atoms with Crippen molar-refractivity contribution in [1.29, 1.82) is 0 Å². The summed E-state index contributed by atoms with van der Waals surface area (Å²) in [5.74, 6) is 0. The molecule has 0 saturated heterocycles.